The summed E-state index contributed by atoms with van der Waals surface area (Å²) in [6.07, 6.45) is 8.37. The summed E-state index contributed by atoms with van der Waals surface area (Å²) < 4.78 is 17.6. The molecule has 1 N–H and O–H groups in total. The average molecular weight is 302 g/mol. The van der Waals surface area contributed by atoms with Gasteiger partial charge in [-0.2, -0.15) is 0 Å². The van der Waals surface area contributed by atoms with Crippen LogP contribution in [0.1, 0.15) is 72.6 Å². The van der Waals surface area contributed by atoms with Crippen molar-refractivity contribution in [1.29, 1.82) is 0 Å². The van der Waals surface area contributed by atoms with Crippen LogP contribution in [0.2, 0.25) is 0 Å². The lowest BCUT2D eigenvalue weighted by molar-refractivity contribution is -0.146. The van der Waals surface area contributed by atoms with Gasteiger partial charge in [-0.05, 0) is 52.4 Å². The molecule has 0 aromatic heterocycles. The van der Waals surface area contributed by atoms with Crippen molar-refractivity contribution >= 4 is 0 Å². The second kappa shape index (κ2) is 9.78. The first kappa shape index (κ1) is 18.9. The Kier molecular flexibility index (Phi) is 8.79. The molecule has 2 saturated heterocycles. The quantitative estimate of drug-likeness (QED) is 0.761. The Morgan fingerprint density at radius 1 is 1.05 bits per heavy atom. The third-order valence-electron chi connectivity index (χ3n) is 3.96. The van der Waals surface area contributed by atoms with Crippen LogP contribution < -0.4 is 0 Å². The maximum absolute atomic E-state index is 8.82. The van der Waals surface area contributed by atoms with Gasteiger partial charge in [-0.1, -0.05) is 13.8 Å². The first-order chi connectivity index (χ1) is 10.1. The molecule has 4 heteroatoms. The van der Waals surface area contributed by atoms with Crippen LogP contribution in [0.25, 0.3) is 0 Å². The number of hydrogen-bond acceptors (Lipinski definition) is 4. The molecule has 21 heavy (non-hydrogen) atoms. The van der Waals surface area contributed by atoms with Gasteiger partial charge < -0.3 is 19.3 Å². The Bertz CT molecular complexity index is 268. The van der Waals surface area contributed by atoms with Crippen molar-refractivity contribution in [2.75, 3.05) is 13.2 Å². The highest BCUT2D eigenvalue weighted by Gasteiger charge is 2.35. The van der Waals surface area contributed by atoms with Gasteiger partial charge in [-0.25, -0.2) is 0 Å². The molecule has 0 spiro atoms. The fourth-order valence-electron chi connectivity index (χ4n) is 3.02. The van der Waals surface area contributed by atoms with E-state index < -0.39 is 5.79 Å². The van der Waals surface area contributed by atoms with Crippen LogP contribution >= 0.6 is 0 Å². The third kappa shape index (κ3) is 7.09. The molecule has 2 rings (SSSR count). The van der Waals surface area contributed by atoms with Crippen LogP contribution in [-0.2, 0) is 14.2 Å². The molecular weight excluding hydrogens is 268 g/mol. The fraction of sp³-hybridized carbons (Fsp3) is 1.00. The molecule has 0 aromatic rings. The highest BCUT2D eigenvalue weighted by Crippen LogP contribution is 2.30. The predicted octanol–water partition coefficient (Wildman–Crippen LogP) is 3.65. The Balaban J connectivity index is 0.00000106. The lowest BCUT2D eigenvalue weighted by Gasteiger charge is -2.31. The van der Waals surface area contributed by atoms with Crippen molar-refractivity contribution in [2.45, 2.75) is 96.7 Å². The van der Waals surface area contributed by atoms with Crippen LogP contribution in [0.4, 0.5) is 0 Å². The molecule has 2 heterocycles. The van der Waals surface area contributed by atoms with E-state index in [1.807, 2.05) is 27.7 Å². The van der Waals surface area contributed by atoms with Gasteiger partial charge in [0, 0.05) is 13.0 Å². The second-order valence-corrected chi connectivity index (χ2v) is 6.22. The van der Waals surface area contributed by atoms with E-state index >= 15 is 0 Å². The van der Waals surface area contributed by atoms with Gasteiger partial charge in [-0.3, -0.25) is 0 Å². The van der Waals surface area contributed by atoms with Crippen LogP contribution in [-0.4, -0.2) is 42.4 Å². The summed E-state index contributed by atoms with van der Waals surface area (Å²) >= 11 is 0. The topological polar surface area (TPSA) is 47.9 Å². The molecule has 0 saturated carbocycles. The van der Waals surface area contributed by atoms with Gasteiger partial charge in [-0.15, -0.1) is 0 Å². The summed E-state index contributed by atoms with van der Waals surface area (Å²) in [6.45, 7) is 8.90. The summed E-state index contributed by atoms with van der Waals surface area (Å²) in [5, 5.41) is 8.82. The largest absolute Gasteiger partial charge is 0.396 e. The van der Waals surface area contributed by atoms with E-state index in [4.69, 9.17) is 19.3 Å². The van der Waals surface area contributed by atoms with Gasteiger partial charge >= 0.3 is 0 Å². The Labute approximate surface area is 130 Å². The van der Waals surface area contributed by atoms with E-state index in [1.165, 1.54) is 6.42 Å². The number of hydrogen-bond donors (Lipinski definition) is 1. The number of aliphatic hydroxyl groups is 1. The molecular formula is C17H34O4. The fourth-order valence-corrected chi connectivity index (χ4v) is 3.02. The van der Waals surface area contributed by atoms with Crippen LogP contribution in [0.15, 0.2) is 0 Å². The van der Waals surface area contributed by atoms with Crippen LogP contribution in [0.5, 0.6) is 0 Å². The Morgan fingerprint density at radius 2 is 1.76 bits per heavy atom. The minimum atomic E-state index is -0.431. The summed E-state index contributed by atoms with van der Waals surface area (Å²) in [6, 6.07) is 0. The van der Waals surface area contributed by atoms with Gasteiger partial charge in [0.2, 0.25) is 0 Å². The Morgan fingerprint density at radius 3 is 2.38 bits per heavy atom. The molecule has 0 aliphatic carbocycles. The van der Waals surface area contributed by atoms with Crippen molar-refractivity contribution in [3.8, 4) is 0 Å². The number of unbranched alkanes of at least 4 members (excludes halogenated alkanes) is 1. The standard InChI is InChI=1S/C15H28O4.C2H6/c1-15(2)17-11-14(19-15)10-13-8-5-7-12(18-13)6-3-4-9-16;1-2/h12-14,16H,3-11H2,1-2H3;1-2H3. The summed E-state index contributed by atoms with van der Waals surface area (Å²) in [4.78, 5) is 0. The van der Waals surface area contributed by atoms with E-state index in [-0.39, 0.29) is 6.10 Å². The van der Waals surface area contributed by atoms with Crippen molar-refractivity contribution in [1.82, 2.24) is 0 Å². The van der Waals surface area contributed by atoms with Crippen LogP contribution in [0, 0.1) is 0 Å². The van der Waals surface area contributed by atoms with Crippen LogP contribution in [0.3, 0.4) is 0 Å². The molecule has 126 valence electrons. The molecule has 0 amide bonds. The van der Waals surface area contributed by atoms with Gasteiger partial charge in [0.05, 0.1) is 24.9 Å². The monoisotopic (exact) mass is 302 g/mol. The highest BCUT2D eigenvalue weighted by atomic mass is 16.7. The zero-order valence-corrected chi connectivity index (χ0v) is 14.3. The molecule has 2 fully saturated rings. The Hall–Kier alpha value is -0.160. The minimum Gasteiger partial charge on any atom is -0.396 e. The number of aliphatic hydroxyl groups excluding tert-OH is 1. The second-order valence-electron chi connectivity index (χ2n) is 6.22. The van der Waals surface area contributed by atoms with E-state index in [0.717, 1.165) is 38.5 Å². The molecule has 0 aromatic carbocycles. The van der Waals surface area contributed by atoms with Gasteiger partial charge in [0.25, 0.3) is 0 Å². The van der Waals surface area contributed by atoms with E-state index in [9.17, 15) is 0 Å². The predicted molar refractivity (Wildman–Crippen MR) is 84.3 cm³/mol. The number of rotatable bonds is 6. The molecule has 2 aliphatic rings. The lowest BCUT2D eigenvalue weighted by Crippen LogP contribution is -2.32. The summed E-state index contributed by atoms with van der Waals surface area (Å²) in [7, 11) is 0. The molecule has 3 atom stereocenters. The lowest BCUT2D eigenvalue weighted by atomic mass is 9.97. The van der Waals surface area contributed by atoms with E-state index in [1.54, 1.807) is 0 Å². The van der Waals surface area contributed by atoms with Gasteiger partial charge in [0.15, 0.2) is 5.79 Å². The van der Waals surface area contributed by atoms with Crippen molar-refractivity contribution < 1.29 is 19.3 Å². The smallest absolute Gasteiger partial charge is 0.163 e. The molecule has 4 nitrogen and oxygen atoms in total. The maximum atomic E-state index is 8.82. The SMILES string of the molecule is CC.CC1(C)OCC(CC2CCCC(CCCCO)O2)O1. The average Bonchev–Trinajstić information content (AvgIpc) is 2.81. The summed E-state index contributed by atoms with van der Waals surface area (Å²) in [5.41, 5.74) is 0. The van der Waals surface area contributed by atoms with Crippen molar-refractivity contribution in [2.24, 2.45) is 0 Å². The van der Waals surface area contributed by atoms with E-state index in [2.05, 4.69) is 0 Å². The normalized spacial score (nSPS) is 31.6. The van der Waals surface area contributed by atoms with E-state index in [0.29, 0.717) is 25.4 Å². The molecule has 3 unspecified atom stereocenters. The first-order valence-corrected chi connectivity index (χ1v) is 8.67. The third-order valence-corrected chi connectivity index (χ3v) is 3.96. The molecule has 0 radical (unpaired) electrons. The minimum absolute atomic E-state index is 0.177. The van der Waals surface area contributed by atoms with Crippen molar-refractivity contribution in [3.05, 3.63) is 0 Å². The van der Waals surface area contributed by atoms with Crippen molar-refractivity contribution in [3.63, 3.8) is 0 Å². The highest BCUT2D eigenvalue weighted by molar-refractivity contribution is 4.78. The zero-order chi connectivity index (χ0) is 15.7. The summed E-state index contributed by atoms with van der Waals surface area (Å²) in [5.74, 6) is -0.431. The molecule has 0 bridgehead atoms. The number of ether oxygens (including phenoxy) is 3. The molecule has 2 aliphatic heterocycles. The first-order valence-electron chi connectivity index (χ1n) is 8.67. The van der Waals surface area contributed by atoms with Gasteiger partial charge in [0.1, 0.15) is 0 Å². The maximum Gasteiger partial charge on any atom is 0.163 e. The zero-order valence-electron chi connectivity index (χ0n) is 14.3.